The third-order valence-corrected chi connectivity index (χ3v) is 8.20. The van der Waals surface area contributed by atoms with Crippen LogP contribution in [0.1, 0.15) is 85.1 Å². The highest BCUT2D eigenvalue weighted by Crippen LogP contribution is 2.14. The van der Waals surface area contributed by atoms with E-state index in [1.54, 1.807) is 26.0 Å². The van der Waals surface area contributed by atoms with Gasteiger partial charge < -0.3 is 54.6 Å². The van der Waals surface area contributed by atoms with Crippen molar-refractivity contribution < 1.29 is 33.9 Å². The lowest BCUT2D eigenvalue weighted by molar-refractivity contribution is -0.135. The molecule has 0 saturated carbocycles. The number of carbonyl (C=O) groups excluding carboxylic acids is 6. The molecule has 0 spiro atoms. The van der Waals surface area contributed by atoms with Crippen LogP contribution in [-0.4, -0.2) is 89.9 Å². The van der Waals surface area contributed by atoms with Crippen LogP contribution in [0.3, 0.4) is 0 Å². The molecular weight excluding hydrogens is 658 g/mol. The van der Waals surface area contributed by atoms with E-state index in [2.05, 4.69) is 26.6 Å². The third-order valence-electron chi connectivity index (χ3n) is 8.20. The molecule has 288 valence electrons. The number of unbranched alkanes of at least 4 members (excludes halogenated alkanes) is 2. The molecule has 0 aromatic heterocycles. The van der Waals surface area contributed by atoms with Crippen LogP contribution in [-0.2, 0) is 35.2 Å². The number of primary amides is 1. The molecule has 6 unspecified atom stereocenters. The van der Waals surface area contributed by atoms with Gasteiger partial charge in [0.1, 0.15) is 36.0 Å². The summed E-state index contributed by atoms with van der Waals surface area (Å²) in [5.41, 5.74) is 23.2. The summed E-state index contributed by atoms with van der Waals surface area (Å²) in [6, 6.07) is -0.138. The Morgan fingerprint density at radius 3 is 1.51 bits per heavy atom. The Bertz CT molecular complexity index is 1270. The van der Waals surface area contributed by atoms with Gasteiger partial charge in [0.15, 0.2) is 0 Å². The number of phenolic OH excluding ortho intramolecular Hbond substituents is 1. The number of nitrogens with two attached hydrogens (primary N) is 4. The molecule has 0 aliphatic heterocycles. The highest BCUT2D eigenvalue weighted by molar-refractivity contribution is 5.96. The summed E-state index contributed by atoms with van der Waals surface area (Å²) in [5.74, 6) is -4.09. The first kappa shape index (κ1) is 44.7. The normalized spacial score (nSPS) is 14.8. The summed E-state index contributed by atoms with van der Waals surface area (Å²) in [6.07, 6.45) is 2.73. The maximum atomic E-state index is 13.9. The van der Waals surface area contributed by atoms with E-state index in [0.717, 1.165) is 0 Å². The van der Waals surface area contributed by atoms with Crippen molar-refractivity contribution in [3.05, 3.63) is 29.8 Å². The second-order valence-electron chi connectivity index (χ2n) is 13.7. The Morgan fingerprint density at radius 1 is 0.627 bits per heavy atom. The minimum atomic E-state index is -1.19. The summed E-state index contributed by atoms with van der Waals surface area (Å²) in [5, 5.41) is 23.2. The van der Waals surface area contributed by atoms with Gasteiger partial charge in [0.05, 0.1) is 6.04 Å². The monoisotopic (exact) mass is 719 g/mol. The standard InChI is InChI=1S/C35H61N9O7/c1-20(2)18-27(30(39)46)42-34(50)28(19-23-12-14-24(45)15-13-23)43-33(49)25(10-6-8-16-36)40-32(48)26(11-7-9-17-37)41-35(51)29(21(3)4)44-31(47)22(5)38/h12-15,20-22,25-29,45H,6-11,16-19,36-38H2,1-5H3,(H2,39,46)(H,40,48)(H,41,51)(H,42,50)(H,43,49)(H,44,47). The number of carbonyl (C=O) groups is 6. The van der Waals surface area contributed by atoms with E-state index in [-0.39, 0.29) is 43.3 Å². The minimum Gasteiger partial charge on any atom is -0.508 e. The van der Waals surface area contributed by atoms with Crippen LogP contribution in [0, 0.1) is 11.8 Å². The topological polar surface area (TPSA) is 287 Å². The van der Waals surface area contributed by atoms with Crippen LogP contribution in [0.4, 0.5) is 0 Å². The molecule has 0 fully saturated rings. The molecule has 1 aromatic rings. The van der Waals surface area contributed by atoms with Crippen molar-refractivity contribution in [1.82, 2.24) is 26.6 Å². The van der Waals surface area contributed by atoms with Crippen molar-refractivity contribution in [2.24, 2.45) is 34.8 Å². The first-order chi connectivity index (χ1) is 24.0. The molecule has 16 nitrogen and oxygen atoms in total. The molecule has 14 N–H and O–H groups in total. The van der Waals surface area contributed by atoms with Crippen LogP contribution in [0.5, 0.6) is 5.75 Å². The van der Waals surface area contributed by atoms with Crippen LogP contribution in [0.2, 0.25) is 0 Å². The smallest absolute Gasteiger partial charge is 0.243 e. The van der Waals surface area contributed by atoms with Gasteiger partial charge in [0.2, 0.25) is 35.4 Å². The van der Waals surface area contributed by atoms with E-state index in [0.29, 0.717) is 44.3 Å². The second kappa shape index (κ2) is 23.2. The Kier molecular flexibility index (Phi) is 20.4. The Hall–Kier alpha value is -4.28. The maximum absolute atomic E-state index is 13.9. The van der Waals surface area contributed by atoms with E-state index in [1.807, 2.05) is 13.8 Å². The number of rotatable bonds is 24. The Morgan fingerprint density at radius 2 is 1.08 bits per heavy atom. The summed E-state index contributed by atoms with van der Waals surface area (Å²) >= 11 is 0. The van der Waals surface area contributed by atoms with Gasteiger partial charge in [-0.05, 0) is 94.5 Å². The molecule has 0 bridgehead atoms. The predicted molar refractivity (Wildman–Crippen MR) is 194 cm³/mol. The summed E-state index contributed by atoms with van der Waals surface area (Å²) in [7, 11) is 0. The van der Waals surface area contributed by atoms with E-state index in [9.17, 15) is 33.9 Å². The lowest BCUT2D eigenvalue weighted by Gasteiger charge is -2.28. The maximum Gasteiger partial charge on any atom is 0.243 e. The van der Waals surface area contributed by atoms with Crippen molar-refractivity contribution in [1.29, 1.82) is 0 Å². The zero-order valence-corrected chi connectivity index (χ0v) is 30.7. The second-order valence-corrected chi connectivity index (χ2v) is 13.7. The van der Waals surface area contributed by atoms with Gasteiger partial charge in [-0.25, -0.2) is 0 Å². The molecule has 0 aliphatic rings. The lowest BCUT2D eigenvalue weighted by Crippen LogP contribution is -2.60. The van der Waals surface area contributed by atoms with E-state index in [4.69, 9.17) is 22.9 Å². The van der Waals surface area contributed by atoms with Crippen LogP contribution < -0.4 is 49.5 Å². The van der Waals surface area contributed by atoms with Crippen molar-refractivity contribution in [2.75, 3.05) is 13.1 Å². The van der Waals surface area contributed by atoms with Gasteiger partial charge in [-0.3, -0.25) is 28.8 Å². The van der Waals surface area contributed by atoms with Gasteiger partial charge in [-0.2, -0.15) is 0 Å². The lowest BCUT2D eigenvalue weighted by atomic mass is 10.00. The summed E-state index contributed by atoms with van der Waals surface area (Å²) in [4.78, 5) is 79.1. The predicted octanol–water partition coefficient (Wildman–Crippen LogP) is -0.849. The SMILES string of the molecule is CC(C)CC(NC(=O)C(Cc1ccc(O)cc1)NC(=O)C(CCCCN)NC(=O)C(CCCCN)NC(=O)C(NC(=O)C(C)N)C(C)C)C(N)=O. The first-order valence-electron chi connectivity index (χ1n) is 17.7. The highest BCUT2D eigenvalue weighted by Gasteiger charge is 2.33. The van der Waals surface area contributed by atoms with Crippen molar-refractivity contribution in [3.63, 3.8) is 0 Å². The minimum absolute atomic E-state index is 0.00399. The molecule has 51 heavy (non-hydrogen) atoms. The average Bonchev–Trinajstić information content (AvgIpc) is 3.05. The van der Waals surface area contributed by atoms with Gasteiger partial charge in [-0.1, -0.05) is 39.8 Å². The molecule has 0 saturated heterocycles. The molecule has 16 heteroatoms. The number of phenols is 1. The van der Waals surface area contributed by atoms with Gasteiger partial charge in [0, 0.05) is 6.42 Å². The molecule has 1 rings (SSSR count). The zero-order valence-electron chi connectivity index (χ0n) is 30.7. The number of hydrogen-bond acceptors (Lipinski definition) is 10. The Labute approximate surface area is 301 Å². The number of nitrogens with one attached hydrogen (secondary N) is 5. The van der Waals surface area contributed by atoms with E-state index >= 15 is 0 Å². The van der Waals surface area contributed by atoms with E-state index in [1.165, 1.54) is 19.1 Å². The average molecular weight is 720 g/mol. The van der Waals surface area contributed by atoms with Gasteiger partial charge in [-0.15, -0.1) is 0 Å². The fraction of sp³-hybridized carbons (Fsp3) is 0.657. The molecule has 0 heterocycles. The fourth-order valence-electron chi connectivity index (χ4n) is 5.22. The highest BCUT2D eigenvalue weighted by atomic mass is 16.3. The van der Waals surface area contributed by atoms with Crippen molar-refractivity contribution in [3.8, 4) is 5.75 Å². The molecule has 6 amide bonds. The van der Waals surface area contributed by atoms with Crippen LogP contribution >= 0.6 is 0 Å². The van der Waals surface area contributed by atoms with Crippen LogP contribution in [0.25, 0.3) is 0 Å². The third kappa shape index (κ3) is 17.0. The van der Waals surface area contributed by atoms with Crippen molar-refractivity contribution in [2.45, 2.75) is 122 Å². The fourth-order valence-corrected chi connectivity index (χ4v) is 5.22. The first-order valence-corrected chi connectivity index (χ1v) is 17.7. The number of amides is 6. The summed E-state index contributed by atoms with van der Waals surface area (Å²) in [6.45, 7) is 9.43. The molecule has 6 atom stereocenters. The van der Waals surface area contributed by atoms with Gasteiger partial charge in [0.25, 0.3) is 0 Å². The largest absolute Gasteiger partial charge is 0.508 e. The number of aromatic hydroxyl groups is 1. The van der Waals surface area contributed by atoms with E-state index < -0.39 is 71.7 Å². The number of hydrogen-bond donors (Lipinski definition) is 10. The number of benzene rings is 1. The molecule has 0 aliphatic carbocycles. The quantitative estimate of drug-likeness (QED) is 0.0591. The Balaban J connectivity index is 3.37. The van der Waals surface area contributed by atoms with Crippen LogP contribution in [0.15, 0.2) is 24.3 Å². The zero-order chi connectivity index (χ0) is 38.7. The van der Waals surface area contributed by atoms with Crippen molar-refractivity contribution >= 4 is 35.4 Å². The molecule has 1 aromatic carbocycles. The molecule has 0 radical (unpaired) electrons. The summed E-state index contributed by atoms with van der Waals surface area (Å²) < 4.78 is 0. The molecular formula is C35H61N9O7. The van der Waals surface area contributed by atoms with Gasteiger partial charge >= 0.3 is 0 Å².